The average molecular weight is 370 g/mol. The number of piperidine rings is 1. The molecule has 0 radical (unpaired) electrons. The van der Waals surface area contributed by atoms with Crippen molar-refractivity contribution in [1.82, 2.24) is 5.32 Å². The van der Waals surface area contributed by atoms with Crippen molar-refractivity contribution in [3.63, 3.8) is 0 Å². The van der Waals surface area contributed by atoms with Gasteiger partial charge in [-0.05, 0) is 37.8 Å². The molecule has 0 aromatic heterocycles. The van der Waals surface area contributed by atoms with Crippen molar-refractivity contribution in [2.24, 2.45) is 0 Å². The quantitative estimate of drug-likeness (QED) is 0.694. The van der Waals surface area contributed by atoms with E-state index in [0.29, 0.717) is 0 Å². The van der Waals surface area contributed by atoms with Gasteiger partial charge in [-0.1, -0.05) is 37.8 Å². The second-order valence-corrected chi connectivity index (χ2v) is 7.75. The minimum absolute atomic E-state index is 0.137. The molecule has 146 valence electrons. The molecule has 1 saturated carbocycles. The first-order valence-electron chi connectivity index (χ1n) is 10.1. The molecule has 27 heavy (non-hydrogen) atoms. The number of benzene rings is 1. The molecule has 2 aliphatic rings. The maximum Gasteiger partial charge on any atom is 0.240 e. The van der Waals surface area contributed by atoms with Crippen molar-refractivity contribution in [2.75, 3.05) is 29.9 Å². The minimum Gasteiger partial charge on any atom is -0.393 e. The van der Waals surface area contributed by atoms with E-state index >= 15 is 0 Å². The van der Waals surface area contributed by atoms with E-state index in [1.165, 1.54) is 0 Å². The van der Waals surface area contributed by atoms with Crippen molar-refractivity contribution >= 4 is 17.3 Å². The Morgan fingerprint density at radius 2 is 1.85 bits per heavy atom. The first-order valence-corrected chi connectivity index (χ1v) is 10.1. The minimum atomic E-state index is -0.711. The first-order chi connectivity index (χ1) is 13.1. The molecule has 1 saturated heterocycles. The van der Waals surface area contributed by atoms with Gasteiger partial charge in [-0.3, -0.25) is 4.79 Å². The molecular formula is C21H30N4O2. The predicted molar refractivity (Wildman–Crippen MR) is 107 cm³/mol. The molecule has 1 heterocycles. The first kappa shape index (κ1) is 19.5. The number of amides is 1. The average Bonchev–Trinajstić information content (AvgIpc) is 2.93. The van der Waals surface area contributed by atoms with E-state index in [9.17, 15) is 15.2 Å². The fourth-order valence-corrected chi connectivity index (χ4v) is 4.09. The summed E-state index contributed by atoms with van der Waals surface area (Å²) >= 11 is 0. The molecule has 1 aromatic carbocycles. The van der Waals surface area contributed by atoms with Gasteiger partial charge in [-0.2, -0.15) is 5.26 Å². The molecule has 0 atom stereocenters. The smallest absolute Gasteiger partial charge is 0.240 e. The molecule has 0 spiro atoms. The van der Waals surface area contributed by atoms with E-state index in [2.05, 4.69) is 21.6 Å². The summed E-state index contributed by atoms with van der Waals surface area (Å²) in [7, 11) is 0. The number of aliphatic hydroxyl groups excluding tert-OH is 1. The van der Waals surface area contributed by atoms with Gasteiger partial charge in [0.15, 0.2) is 0 Å². The Morgan fingerprint density at radius 3 is 2.52 bits per heavy atom. The van der Waals surface area contributed by atoms with Gasteiger partial charge < -0.3 is 20.6 Å². The summed E-state index contributed by atoms with van der Waals surface area (Å²) in [5.41, 5.74) is 1.26. The van der Waals surface area contributed by atoms with Gasteiger partial charge in [0.25, 0.3) is 0 Å². The van der Waals surface area contributed by atoms with Gasteiger partial charge in [0, 0.05) is 13.1 Å². The molecule has 3 N–H and O–H groups in total. The number of anilines is 2. The van der Waals surface area contributed by atoms with Gasteiger partial charge in [0.2, 0.25) is 5.91 Å². The Morgan fingerprint density at radius 1 is 1.19 bits per heavy atom. The SMILES string of the molecule is N#CC1(NC(=O)CNc2ccccc2N2CCC(O)CC2)CCCCCC1. The van der Waals surface area contributed by atoms with E-state index in [1.54, 1.807) is 0 Å². The second kappa shape index (κ2) is 9.09. The predicted octanol–water partition coefficient (Wildman–Crippen LogP) is 2.79. The number of hydrogen-bond donors (Lipinski definition) is 3. The summed E-state index contributed by atoms with van der Waals surface area (Å²) in [6.45, 7) is 1.77. The van der Waals surface area contributed by atoms with Crippen LogP contribution in [-0.2, 0) is 4.79 Å². The zero-order chi connectivity index (χ0) is 19.1. The van der Waals surface area contributed by atoms with E-state index in [0.717, 1.165) is 75.8 Å². The Hall–Kier alpha value is -2.26. The molecule has 1 aromatic rings. The van der Waals surface area contributed by atoms with E-state index in [4.69, 9.17) is 0 Å². The molecule has 6 heteroatoms. The van der Waals surface area contributed by atoms with Crippen molar-refractivity contribution in [2.45, 2.75) is 63.0 Å². The van der Waals surface area contributed by atoms with Crippen LogP contribution in [0.25, 0.3) is 0 Å². The van der Waals surface area contributed by atoms with Gasteiger partial charge in [0.1, 0.15) is 5.54 Å². The number of nitrogens with zero attached hydrogens (tertiary/aromatic N) is 2. The van der Waals surface area contributed by atoms with Crippen molar-refractivity contribution < 1.29 is 9.90 Å². The van der Waals surface area contributed by atoms with Gasteiger partial charge in [-0.15, -0.1) is 0 Å². The highest BCUT2D eigenvalue weighted by atomic mass is 16.3. The normalized spacial score (nSPS) is 20.4. The summed E-state index contributed by atoms with van der Waals surface area (Å²) in [6.07, 6.45) is 7.04. The Kier molecular flexibility index (Phi) is 6.57. The van der Waals surface area contributed by atoms with Gasteiger partial charge >= 0.3 is 0 Å². The molecule has 2 fully saturated rings. The summed E-state index contributed by atoms with van der Waals surface area (Å²) in [4.78, 5) is 14.8. The van der Waals surface area contributed by atoms with E-state index in [1.807, 2.05) is 24.3 Å². The monoisotopic (exact) mass is 370 g/mol. The third kappa shape index (κ3) is 5.14. The highest BCUT2D eigenvalue weighted by molar-refractivity contribution is 5.83. The van der Waals surface area contributed by atoms with Crippen LogP contribution < -0.4 is 15.5 Å². The van der Waals surface area contributed by atoms with Crippen LogP contribution >= 0.6 is 0 Å². The topological polar surface area (TPSA) is 88.4 Å². The number of nitrogens with one attached hydrogen (secondary N) is 2. The fraction of sp³-hybridized carbons (Fsp3) is 0.619. The lowest BCUT2D eigenvalue weighted by Crippen LogP contribution is -2.49. The fourth-order valence-electron chi connectivity index (χ4n) is 4.09. The highest BCUT2D eigenvalue weighted by Gasteiger charge is 2.32. The Bertz CT molecular complexity index is 669. The summed E-state index contributed by atoms with van der Waals surface area (Å²) in [5.74, 6) is -0.137. The molecular weight excluding hydrogens is 340 g/mol. The molecule has 6 nitrogen and oxygen atoms in total. The zero-order valence-corrected chi connectivity index (χ0v) is 15.9. The van der Waals surface area contributed by atoms with Crippen LogP contribution in [0.5, 0.6) is 0 Å². The van der Waals surface area contributed by atoms with Crippen molar-refractivity contribution in [1.29, 1.82) is 5.26 Å². The van der Waals surface area contributed by atoms with Gasteiger partial charge in [0.05, 0.1) is 30.1 Å². The lowest BCUT2D eigenvalue weighted by atomic mass is 9.92. The standard InChI is InChI=1S/C21H30N4O2/c22-16-21(11-5-1-2-6-12-21)24-20(27)15-23-18-7-3-4-8-19(18)25-13-9-17(26)10-14-25/h3-4,7-8,17,23,26H,1-2,5-6,9-15H2,(H,24,27). The zero-order valence-electron chi connectivity index (χ0n) is 15.9. The third-order valence-corrected chi connectivity index (χ3v) is 5.70. The summed E-state index contributed by atoms with van der Waals surface area (Å²) in [5, 5.41) is 25.6. The lowest BCUT2D eigenvalue weighted by Gasteiger charge is -2.33. The molecule has 1 aliphatic carbocycles. The van der Waals surface area contributed by atoms with Crippen LogP contribution in [-0.4, -0.2) is 42.3 Å². The number of hydrogen-bond acceptors (Lipinski definition) is 5. The maximum atomic E-state index is 12.5. The van der Waals surface area contributed by atoms with Crippen LogP contribution in [0.3, 0.4) is 0 Å². The van der Waals surface area contributed by atoms with E-state index in [-0.39, 0.29) is 18.6 Å². The van der Waals surface area contributed by atoms with Crippen molar-refractivity contribution in [3.8, 4) is 6.07 Å². The number of carbonyl (C=O) groups is 1. The van der Waals surface area contributed by atoms with E-state index < -0.39 is 5.54 Å². The van der Waals surface area contributed by atoms with Crippen LogP contribution in [0.15, 0.2) is 24.3 Å². The molecule has 0 unspecified atom stereocenters. The number of aliphatic hydroxyl groups is 1. The maximum absolute atomic E-state index is 12.5. The second-order valence-electron chi connectivity index (χ2n) is 7.75. The van der Waals surface area contributed by atoms with Crippen molar-refractivity contribution in [3.05, 3.63) is 24.3 Å². The number of carbonyl (C=O) groups excluding carboxylic acids is 1. The van der Waals surface area contributed by atoms with Crippen LogP contribution in [0.1, 0.15) is 51.4 Å². The number of rotatable bonds is 5. The molecule has 1 amide bonds. The van der Waals surface area contributed by atoms with Crippen LogP contribution in [0.2, 0.25) is 0 Å². The summed E-state index contributed by atoms with van der Waals surface area (Å²) < 4.78 is 0. The third-order valence-electron chi connectivity index (χ3n) is 5.70. The largest absolute Gasteiger partial charge is 0.393 e. The Balaban J connectivity index is 1.60. The lowest BCUT2D eigenvalue weighted by molar-refractivity contribution is -0.120. The Labute approximate surface area is 161 Å². The van der Waals surface area contributed by atoms with Crippen LogP contribution in [0.4, 0.5) is 11.4 Å². The van der Waals surface area contributed by atoms with Crippen LogP contribution in [0, 0.1) is 11.3 Å². The summed E-state index contributed by atoms with van der Waals surface area (Å²) in [6, 6.07) is 10.3. The molecule has 1 aliphatic heterocycles. The molecule has 3 rings (SSSR count). The van der Waals surface area contributed by atoms with Gasteiger partial charge in [-0.25, -0.2) is 0 Å². The highest BCUT2D eigenvalue weighted by Crippen LogP contribution is 2.29. The molecule has 0 bridgehead atoms. The number of nitriles is 1. The number of para-hydroxylation sites is 2.